The van der Waals surface area contributed by atoms with Crippen molar-refractivity contribution in [3.63, 3.8) is 0 Å². The quantitative estimate of drug-likeness (QED) is 0.186. The van der Waals surface area contributed by atoms with Gasteiger partial charge in [-0.3, -0.25) is 4.99 Å². The topological polar surface area (TPSA) is 78.1 Å². The standard InChI is InChI=1S/C22H31N3O3.HI/c1-26-21-10-8-19(9-11-21)12-14-25-22(23)24-13-5-15-27-16-17-28-18-20-6-3-2-4-7-20;/h2-4,6-11H,5,12-18H2,1H3,(H3,23,24,25);1H. The van der Waals surface area contributed by atoms with Crippen molar-refractivity contribution in [3.8, 4) is 5.75 Å². The van der Waals surface area contributed by atoms with E-state index >= 15 is 0 Å². The minimum absolute atomic E-state index is 0. The first-order valence-corrected chi connectivity index (χ1v) is 9.64. The average Bonchev–Trinajstić information content (AvgIpc) is 2.74. The summed E-state index contributed by atoms with van der Waals surface area (Å²) in [5, 5.41) is 3.13. The maximum Gasteiger partial charge on any atom is 0.188 e. The summed E-state index contributed by atoms with van der Waals surface area (Å²) in [6.45, 7) is 3.84. The van der Waals surface area contributed by atoms with Crippen LogP contribution in [0.15, 0.2) is 59.6 Å². The van der Waals surface area contributed by atoms with Crippen molar-refractivity contribution in [3.05, 3.63) is 65.7 Å². The number of nitrogens with one attached hydrogen (secondary N) is 1. The van der Waals surface area contributed by atoms with Gasteiger partial charge in [-0.15, -0.1) is 24.0 Å². The van der Waals surface area contributed by atoms with Gasteiger partial charge in [0.2, 0.25) is 0 Å². The smallest absolute Gasteiger partial charge is 0.188 e. The Hall–Kier alpha value is -1.84. The number of benzene rings is 2. The summed E-state index contributed by atoms with van der Waals surface area (Å²) in [4.78, 5) is 4.31. The van der Waals surface area contributed by atoms with Crippen molar-refractivity contribution in [1.29, 1.82) is 0 Å². The maximum absolute atomic E-state index is 5.88. The normalized spacial score (nSPS) is 11.0. The molecule has 29 heavy (non-hydrogen) atoms. The van der Waals surface area contributed by atoms with Crippen LogP contribution in [0.4, 0.5) is 0 Å². The van der Waals surface area contributed by atoms with Gasteiger partial charge < -0.3 is 25.3 Å². The van der Waals surface area contributed by atoms with E-state index in [1.165, 1.54) is 11.1 Å². The molecule has 0 aromatic heterocycles. The van der Waals surface area contributed by atoms with Gasteiger partial charge in [-0.25, -0.2) is 0 Å². The Morgan fingerprint density at radius 2 is 1.66 bits per heavy atom. The van der Waals surface area contributed by atoms with Gasteiger partial charge in [0.05, 0.1) is 26.9 Å². The van der Waals surface area contributed by atoms with Gasteiger partial charge in [0, 0.05) is 19.7 Å². The molecule has 0 radical (unpaired) electrons. The van der Waals surface area contributed by atoms with Crippen LogP contribution in [0.5, 0.6) is 5.75 Å². The molecule has 160 valence electrons. The van der Waals surface area contributed by atoms with Gasteiger partial charge in [0.15, 0.2) is 5.96 Å². The van der Waals surface area contributed by atoms with Crippen LogP contribution in [0.25, 0.3) is 0 Å². The average molecular weight is 513 g/mol. The van der Waals surface area contributed by atoms with Crippen molar-refractivity contribution >= 4 is 29.9 Å². The Morgan fingerprint density at radius 1 is 0.931 bits per heavy atom. The second-order valence-electron chi connectivity index (χ2n) is 6.30. The Morgan fingerprint density at radius 3 is 2.38 bits per heavy atom. The van der Waals surface area contributed by atoms with Crippen LogP contribution in [0.2, 0.25) is 0 Å². The van der Waals surface area contributed by atoms with Crippen LogP contribution in [0.1, 0.15) is 17.5 Å². The third-order valence-corrected chi connectivity index (χ3v) is 4.09. The van der Waals surface area contributed by atoms with Gasteiger partial charge in [-0.1, -0.05) is 42.5 Å². The van der Waals surface area contributed by atoms with Crippen LogP contribution in [0, 0.1) is 0 Å². The molecule has 2 rings (SSSR count). The Bertz CT molecular complexity index is 681. The zero-order chi connectivity index (χ0) is 19.9. The van der Waals surface area contributed by atoms with E-state index in [4.69, 9.17) is 19.9 Å². The highest BCUT2D eigenvalue weighted by Crippen LogP contribution is 2.11. The van der Waals surface area contributed by atoms with Crippen molar-refractivity contribution in [2.24, 2.45) is 10.7 Å². The number of ether oxygens (including phenoxy) is 3. The zero-order valence-corrected chi connectivity index (χ0v) is 19.3. The molecule has 2 aromatic rings. The molecule has 7 heteroatoms. The van der Waals surface area contributed by atoms with E-state index in [2.05, 4.69) is 22.4 Å². The number of nitrogens with two attached hydrogens (primary N) is 1. The number of hydrogen-bond donors (Lipinski definition) is 2. The monoisotopic (exact) mass is 513 g/mol. The molecule has 6 nitrogen and oxygen atoms in total. The Labute approximate surface area is 190 Å². The molecule has 0 saturated carbocycles. The Balaban J connectivity index is 0.00000420. The molecule has 0 bridgehead atoms. The lowest BCUT2D eigenvalue weighted by Crippen LogP contribution is -2.33. The summed E-state index contributed by atoms with van der Waals surface area (Å²) in [6.07, 6.45) is 1.71. The van der Waals surface area contributed by atoms with Crippen LogP contribution in [-0.2, 0) is 22.5 Å². The molecular weight excluding hydrogens is 481 g/mol. The fourth-order valence-corrected chi connectivity index (χ4v) is 2.53. The third-order valence-electron chi connectivity index (χ3n) is 4.09. The Kier molecular flexibility index (Phi) is 13.9. The highest BCUT2D eigenvalue weighted by Gasteiger charge is 1.97. The van der Waals surface area contributed by atoms with E-state index in [1.54, 1.807) is 7.11 Å². The summed E-state index contributed by atoms with van der Waals surface area (Å²) in [5.74, 6) is 1.34. The third kappa shape index (κ3) is 11.7. The van der Waals surface area contributed by atoms with Crippen molar-refractivity contribution in [2.45, 2.75) is 19.4 Å². The molecule has 0 saturated heterocycles. The number of hydrogen-bond acceptors (Lipinski definition) is 4. The molecule has 0 unspecified atom stereocenters. The fourth-order valence-electron chi connectivity index (χ4n) is 2.53. The van der Waals surface area contributed by atoms with E-state index in [9.17, 15) is 0 Å². The van der Waals surface area contributed by atoms with Gasteiger partial charge in [-0.2, -0.15) is 0 Å². The number of halogens is 1. The molecule has 3 N–H and O–H groups in total. The fraction of sp³-hybridized carbons (Fsp3) is 0.409. The lowest BCUT2D eigenvalue weighted by molar-refractivity contribution is 0.0403. The molecule has 0 amide bonds. The number of rotatable bonds is 13. The predicted molar refractivity (Wildman–Crippen MR) is 128 cm³/mol. The number of nitrogens with zero attached hydrogens (tertiary/aromatic N) is 1. The molecule has 0 aliphatic carbocycles. The van der Waals surface area contributed by atoms with Gasteiger partial charge in [0.25, 0.3) is 0 Å². The number of guanidine groups is 1. The van der Waals surface area contributed by atoms with E-state index < -0.39 is 0 Å². The van der Waals surface area contributed by atoms with Crippen LogP contribution in [0.3, 0.4) is 0 Å². The molecular formula is C22H32IN3O3. The first kappa shape index (κ1) is 25.2. The first-order chi connectivity index (χ1) is 13.8. The molecule has 0 aliphatic rings. The maximum atomic E-state index is 5.88. The lowest BCUT2D eigenvalue weighted by Gasteiger charge is -2.07. The summed E-state index contributed by atoms with van der Waals surface area (Å²) in [7, 11) is 1.67. The molecule has 0 fully saturated rings. The summed E-state index contributed by atoms with van der Waals surface area (Å²) >= 11 is 0. The van der Waals surface area contributed by atoms with Crippen LogP contribution >= 0.6 is 24.0 Å². The van der Waals surface area contributed by atoms with Crippen molar-refractivity contribution < 1.29 is 14.2 Å². The van der Waals surface area contributed by atoms with Gasteiger partial charge in [-0.05, 0) is 36.1 Å². The molecule has 0 heterocycles. The first-order valence-electron chi connectivity index (χ1n) is 9.64. The molecule has 2 aromatic carbocycles. The second-order valence-corrected chi connectivity index (χ2v) is 6.30. The SMILES string of the molecule is COc1ccc(CCNC(N)=NCCCOCCOCc2ccccc2)cc1.I. The molecule has 0 atom stereocenters. The highest BCUT2D eigenvalue weighted by molar-refractivity contribution is 14.0. The van der Waals surface area contributed by atoms with E-state index in [-0.39, 0.29) is 24.0 Å². The second kappa shape index (κ2) is 16.0. The minimum atomic E-state index is 0. The predicted octanol–water partition coefficient (Wildman–Crippen LogP) is 3.38. The largest absolute Gasteiger partial charge is 0.497 e. The molecule has 0 aliphatic heterocycles. The van der Waals surface area contributed by atoms with Crippen molar-refractivity contribution in [1.82, 2.24) is 5.32 Å². The van der Waals surface area contributed by atoms with E-state index in [0.717, 1.165) is 25.1 Å². The molecule has 0 spiro atoms. The number of methoxy groups -OCH3 is 1. The summed E-state index contributed by atoms with van der Waals surface area (Å²) < 4.78 is 16.3. The van der Waals surface area contributed by atoms with Crippen LogP contribution in [-0.4, -0.2) is 46.0 Å². The lowest BCUT2D eigenvalue weighted by atomic mass is 10.1. The van der Waals surface area contributed by atoms with Gasteiger partial charge >= 0.3 is 0 Å². The van der Waals surface area contributed by atoms with E-state index in [1.807, 2.05) is 42.5 Å². The minimum Gasteiger partial charge on any atom is -0.497 e. The van der Waals surface area contributed by atoms with Crippen LogP contribution < -0.4 is 15.8 Å². The zero-order valence-electron chi connectivity index (χ0n) is 17.0. The summed E-state index contributed by atoms with van der Waals surface area (Å²) in [6, 6.07) is 18.1. The van der Waals surface area contributed by atoms with Crippen molar-refractivity contribution in [2.75, 3.05) is 40.0 Å². The number of aliphatic imine (C=N–C) groups is 1. The summed E-state index contributed by atoms with van der Waals surface area (Å²) in [5.41, 5.74) is 8.28. The van der Waals surface area contributed by atoms with E-state index in [0.29, 0.717) is 38.9 Å². The highest BCUT2D eigenvalue weighted by atomic mass is 127. The van der Waals surface area contributed by atoms with Gasteiger partial charge in [0.1, 0.15) is 5.75 Å².